The van der Waals surface area contributed by atoms with Crippen LogP contribution >= 0.6 is 0 Å². The maximum absolute atomic E-state index is 12.0. The fraction of sp³-hybridized carbons (Fsp3) is 0.857. The monoisotopic (exact) mass is 257 g/mol. The lowest BCUT2D eigenvalue weighted by atomic mass is 9.94. The number of nitrogens with one attached hydrogen (secondary N) is 1. The fourth-order valence-corrected chi connectivity index (χ4v) is 1.57. The van der Waals surface area contributed by atoms with Crippen molar-refractivity contribution in [3.63, 3.8) is 0 Å². The van der Waals surface area contributed by atoms with E-state index in [1.807, 2.05) is 27.7 Å². The molecule has 4 heteroatoms. The maximum Gasteiger partial charge on any atom is 0.408 e. The summed E-state index contributed by atoms with van der Waals surface area (Å²) in [6.07, 6.45) is 0.109. The van der Waals surface area contributed by atoms with Crippen LogP contribution in [-0.2, 0) is 9.53 Å². The number of carbonyl (C=O) groups is 2. The number of carbonyl (C=O) groups excluding carboxylic acids is 2. The number of Topliss-reactive ketones (excluding diaryl/α,β-unsaturated/α-hetero) is 1. The van der Waals surface area contributed by atoms with Gasteiger partial charge in [-0.1, -0.05) is 27.7 Å². The van der Waals surface area contributed by atoms with Crippen molar-refractivity contribution in [2.75, 3.05) is 0 Å². The van der Waals surface area contributed by atoms with Gasteiger partial charge in [-0.15, -0.1) is 0 Å². The highest BCUT2D eigenvalue weighted by Gasteiger charge is 2.26. The van der Waals surface area contributed by atoms with Crippen molar-refractivity contribution in [2.24, 2.45) is 11.8 Å². The molecule has 0 saturated carbocycles. The van der Waals surface area contributed by atoms with Crippen molar-refractivity contribution in [3.05, 3.63) is 0 Å². The molecule has 0 unspecified atom stereocenters. The van der Waals surface area contributed by atoms with Gasteiger partial charge in [0.2, 0.25) is 0 Å². The van der Waals surface area contributed by atoms with Gasteiger partial charge in [-0.3, -0.25) is 4.79 Å². The summed E-state index contributed by atoms with van der Waals surface area (Å²) in [5.41, 5.74) is -0.548. The van der Waals surface area contributed by atoms with Gasteiger partial charge in [0.1, 0.15) is 5.60 Å². The zero-order valence-corrected chi connectivity index (χ0v) is 12.7. The summed E-state index contributed by atoms with van der Waals surface area (Å²) < 4.78 is 5.18. The Labute approximate surface area is 110 Å². The van der Waals surface area contributed by atoms with E-state index < -0.39 is 17.7 Å². The van der Waals surface area contributed by atoms with Crippen molar-refractivity contribution in [2.45, 2.75) is 66.5 Å². The third-order valence-corrected chi connectivity index (χ3v) is 2.31. The SMILES string of the molecule is CC(C)C[C@H](NC(=O)OC(C)(C)C)C(=O)C(C)C. The summed E-state index contributed by atoms with van der Waals surface area (Å²) in [7, 11) is 0. The highest BCUT2D eigenvalue weighted by molar-refractivity contribution is 5.88. The molecule has 0 radical (unpaired) electrons. The van der Waals surface area contributed by atoms with Gasteiger partial charge in [0.05, 0.1) is 6.04 Å². The Morgan fingerprint density at radius 2 is 1.61 bits per heavy atom. The van der Waals surface area contributed by atoms with Crippen LogP contribution in [0.1, 0.15) is 54.9 Å². The molecule has 0 aromatic heterocycles. The second-order valence-corrected chi connectivity index (χ2v) is 6.39. The second-order valence-electron chi connectivity index (χ2n) is 6.39. The minimum atomic E-state index is -0.548. The smallest absolute Gasteiger partial charge is 0.408 e. The third-order valence-electron chi connectivity index (χ3n) is 2.31. The molecule has 0 fully saturated rings. The largest absolute Gasteiger partial charge is 0.444 e. The van der Waals surface area contributed by atoms with E-state index in [1.165, 1.54) is 0 Å². The molecule has 0 spiro atoms. The molecule has 4 nitrogen and oxygen atoms in total. The minimum Gasteiger partial charge on any atom is -0.444 e. The van der Waals surface area contributed by atoms with Crippen LogP contribution in [-0.4, -0.2) is 23.5 Å². The molecule has 1 atom stereocenters. The lowest BCUT2D eigenvalue weighted by molar-refractivity contribution is -0.124. The quantitative estimate of drug-likeness (QED) is 0.823. The Bertz CT molecular complexity index is 290. The Morgan fingerprint density at radius 1 is 1.11 bits per heavy atom. The van der Waals surface area contributed by atoms with Gasteiger partial charge in [-0.2, -0.15) is 0 Å². The molecule has 0 bridgehead atoms. The topological polar surface area (TPSA) is 55.4 Å². The molecular formula is C14H27NO3. The average molecular weight is 257 g/mol. The first-order valence-electron chi connectivity index (χ1n) is 6.56. The fourth-order valence-electron chi connectivity index (χ4n) is 1.57. The van der Waals surface area contributed by atoms with Gasteiger partial charge in [0.15, 0.2) is 5.78 Å². The predicted octanol–water partition coefficient (Wildman–Crippen LogP) is 3.15. The number of rotatable bonds is 5. The van der Waals surface area contributed by atoms with Crippen LogP contribution in [0.5, 0.6) is 0 Å². The molecule has 0 rings (SSSR count). The van der Waals surface area contributed by atoms with Gasteiger partial charge in [0, 0.05) is 5.92 Å². The van der Waals surface area contributed by atoms with E-state index >= 15 is 0 Å². The van der Waals surface area contributed by atoms with Crippen LogP contribution in [0.4, 0.5) is 4.79 Å². The molecule has 0 heterocycles. The summed E-state index contributed by atoms with van der Waals surface area (Å²) in [6, 6.07) is -0.458. The molecular weight excluding hydrogens is 230 g/mol. The summed E-state index contributed by atoms with van der Waals surface area (Å²) in [4.78, 5) is 23.7. The van der Waals surface area contributed by atoms with Crippen LogP contribution in [0.25, 0.3) is 0 Å². The van der Waals surface area contributed by atoms with Crippen molar-refractivity contribution in [1.82, 2.24) is 5.32 Å². The molecule has 0 aromatic carbocycles. The standard InChI is InChI=1S/C14H27NO3/c1-9(2)8-11(12(16)10(3)4)15-13(17)18-14(5,6)7/h9-11H,8H2,1-7H3,(H,15,17)/t11-/m0/s1. The van der Waals surface area contributed by atoms with E-state index in [9.17, 15) is 9.59 Å². The number of hydrogen-bond donors (Lipinski definition) is 1. The summed E-state index contributed by atoms with van der Waals surface area (Å²) in [5.74, 6) is 0.297. The Balaban J connectivity index is 4.60. The Hall–Kier alpha value is -1.06. The third kappa shape index (κ3) is 7.30. The molecule has 0 aliphatic rings. The van der Waals surface area contributed by atoms with Crippen molar-refractivity contribution in [3.8, 4) is 0 Å². The second kappa shape index (κ2) is 6.76. The lowest BCUT2D eigenvalue weighted by Crippen LogP contribution is -2.45. The number of amides is 1. The van der Waals surface area contributed by atoms with Gasteiger partial charge >= 0.3 is 6.09 Å². The first-order valence-corrected chi connectivity index (χ1v) is 6.56. The van der Waals surface area contributed by atoms with Crippen molar-refractivity contribution in [1.29, 1.82) is 0 Å². The van der Waals surface area contributed by atoms with E-state index in [2.05, 4.69) is 5.32 Å². The highest BCUT2D eigenvalue weighted by atomic mass is 16.6. The molecule has 106 valence electrons. The summed E-state index contributed by atoms with van der Waals surface area (Å²) in [5, 5.41) is 2.68. The molecule has 1 amide bonds. The maximum atomic E-state index is 12.0. The predicted molar refractivity (Wildman–Crippen MR) is 72.5 cm³/mol. The minimum absolute atomic E-state index is 0.0505. The van der Waals surface area contributed by atoms with Crippen molar-refractivity contribution < 1.29 is 14.3 Å². The van der Waals surface area contributed by atoms with E-state index in [4.69, 9.17) is 4.74 Å². The van der Waals surface area contributed by atoms with Crippen LogP contribution < -0.4 is 5.32 Å². The first kappa shape index (κ1) is 16.9. The zero-order valence-electron chi connectivity index (χ0n) is 12.7. The molecule has 0 aliphatic heterocycles. The van der Waals surface area contributed by atoms with E-state index in [0.29, 0.717) is 12.3 Å². The van der Waals surface area contributed by atoms with Crippen LogP contribution in [0.3, 0.4) is 0 Å². The normalized spacial score (nSPS) is 13.6. The van der Waals surface area contributed by atoms with Crippen molar-refractivity contribution >= 4 is 11.9 Å². The average Bonchev–Trinajstić information content (AvgIpc) is 2.11. The van der Waals surface area contributed by atoms with E-state index in [-0.39, 0.29) is 11.7 Å². The Kier molecular flexibility index (Phi) is 6.36. The van der Waals surface area contributed by atoms with E-state index in [0.717, 1.165) is 0 Å². The summed E-state index contributed by atoms with van der Waals surface area (Å²) in [6.45, 7) is 13.1. The molecule has 0 aromatic rings. The molecule has 18 heavy (non-hydrogen) atoms. The van der Waals surface area contributed by atoms with Gasteiger partial charge in [-0.05, 0) is 33.1 Å². The molecule has 0 saturated heterocycles. The first-order chi connectivity index (χ1) is 8.03. The van der Waals surface area contributed by atoms with Crippen LogP contribution in [0.15, 0.2) is 0 Å². The number of ether oxygens (including phenoxy) is 1. The molecule has 0 aliphatic carbocycles. The number of ketones is 1. The van der Waals surface area contributed by atoms with Gasteiger partial charge in [-0.25, -0.2) is 4.79 Å². The van der Waals surface area contributed by atoms with Gasteiger partial charge < -0.3 is 10.1 Å². The summed E-state index contributed by atoms with van der Waals surface area (Å²) >= 11 is 0. The van der Waals surface area contributed by atoms with Crippen LogP contribution in [0, 0.1) is 11.8 Å². The number of alkyl carbamates (subject to hydrolysis) is 1. The van der Waals surface area contributed by atoms with Gasteiger partial charge in [0.25, 0.3) is 0 Å². The van der Waals surface area contributed by atoms with Crippen LogP contribution in [0.2, 0.25) is 0 Å². The zero-order chi connectivity index (χ0) is 14.5. The lowest BCUT2D eigenvalue weighted by Gasteiger charge is -2.24. The van der Waals surface area contributed by atoms with E-state index in [1.54, 1.807) is 20.8 Å². The molecule has 1 N–H and O–H groups in total. The number of hydrogen-bond acceptors (Lipinski definition) is 3. The highest BCUT2D eigenvalue weighted by Crippen LogP contribution is 2.12. The Morgan fingerprint density at radius 3 is 1.94 bits per heavy atom.